The van der Waals surface area contributed by atoms with Gasteiger partial charge < -0.3 is 0 Å². The number of nitrogens with zero attached hydrogens (tertiary/aromatic N) is 4. The lowest BCUT2D eigenvalue weighted by Gasteiger charge is -2.11. The molecule has 6 heteroatoms. The maximum Gasteiger partial charge on any atom is 0.269 e. The van der Waals surface area contributed by atoms with E-state index in [-0.39, 0.29) is 17.9 Å². The minimum atomic E-state index is -0.378. The quantitative estimate of drug-likeness (QED) is 0.469. The summed E-state index contributed by atoms with van der Waals surface area (Å²) in [7, 11) is 0. The van der Waals surface area contributed by atoms with Crippen LogP contribution >= 0.6 is 0 Å². The van der Waals surface area contributed by atoms with Crippen LogP contribution in [0.2, 0.25) is 0 Å². The fraction of sp³-hybridized carbons (Fsp3) is 0.0435. The van der Waals surface area contributed by atoms with Crippen molar-refractivity contribution in [3.05, 3.63) is 101 Å². The van der Waals surface area contributed by atoms with Gasteiger partial charge in [-0.25, -0.2) is 9.37 Å². The minimum Gasteiger partial charge on any atom is -0.299 e. The molecule has 0 aliphatic carbocycles. The predicted molar refractivity (Wildman–Crippen MR) is 110 cm³/mol. The highest BCUT2D eigenvalue weighted by molar-refractivity contribution is 5.83. The van der Waals surface area contributed by atoms with Gasteiger partial charge in [-0.1, -0.05) is 30.3 Å². The number of hydrogen-bond acceptors (Lipinski definition) is 4. The van der Waals surface area contributed by atoms with Crippen molar-refractivity contribution in [3.8, 4) is 11.1 Å². The summed E-state index contributed by atoms with van der Waals surface area (Å²) in [6, 6.07) is 16.5. The zero-order valence-corrected chi connectivity index (χ0v) is 15.3. The molecule has 0 saturated carbocycles. The predicted octanol–water partition coefficient (Wildman–Crippen LogP) is 4.19. The van der Waals surface area contributed by atoms with Crippen LogP contribution in [0.1, 0.15) is 5.56 Å². The average Bonchev–Trinajstić information content (AvgIpc) is 2.76. The van der Waals surface area contributed by atoms with Crippen molar-refractivity contribution in [3.63, 3.8) is 0 Å². The smallest absolute Gasteiger partial charge is 0.269 e. The second-order valence-corrected chi connectivity index (χ2v) is 6.77. The van der Waals surface area contributed by atoms with Crippen LogP contribution in [0.5, 0.6) is 0 Å². The van der Waals surface area contributed by atoms with Gasteiger partial charge in [0.2, 0.25) is 0 Å². The second-order valence-electron chi connectivity index (χ2n) is 6.77. The molecular formula is C23H15FN4O. The van der Waals surface area contributed by atoms with E-state index in [9.17, 15) is 9.18 Å². The molecule has 0 spiro atoms. The summed E-state index contributed by atoms with van der Waals surface area (Å²) >= 11 is 0. The summed E-state index contributed by atoms with van der Waals surface area (Å²) in [5.74, 6) is -0.378. The highest BCUT2D eigenvalue weighted by Gasteiger charge is 2.10. The van der Waals surface area contributed by atoms with E-state index in [1.165, 1.54) is 16.8 Å². The van der Waals surface area contributed by atoms with Gasteiger partial charge in [0.15, 0.2) is 0 Å². The molecule has 0 aliphatic heterocycles. The summed E-state index contributed by atoms with van der Waals surface area (Å²) in [4.78, 5) is 24.9. The monoisotopic (exact) mass is 382 g/mol. The molecule has 5 aromatic rings. The maximum absolute atomic E-state index is 14.9. The van der Waals surface area contributed by atoms with Crippen molar-refractivity contribution < 1.29 is 4.39 Å². The van der Waals surface area contributed by atoms with Gasteiger partial charge in [-0.15, -0.1) is 0 Å². The van der Waals surface area contributed by atoms with E-state index < -0.39 is 0 Å². The molecule has 0 radical (unpaired) electrons. The lowest BCUT2D eigenvalue weighted by Crippen LogP contribution is -2.21. The van der Waals surface area contributed by atoms with Gasteiger partial charge in [0.25, 0.3) is 5.56 Å². The lowest BCUT2D eigenvalue weighted by molar-refractivity contribution is 0.599. The third-order valence-electron chi connectivity index (χ3n) is 4.95. The molecule has 2 aromatic carbocycles. The number of hydrogen-bond donors (Lipinski definition) is 0. The second kappa shape index (κ2) is 6.91. The summed E-state index contributed by atoms with van der Waals surface area (Å²) in [5.41, 5.74) is 3.80. The number of halogens is 1. The molecule has 0 fully saturated rings. The molecule has 5 nitrogen and oxygen atoms in total. The SMILES string of the molecule is O=c1cnc2ccncc2n1Cc1ccc(-c2cnc3ccccc3c2)cc1F. The molecule has 3 heterocycles. The number of para-hydroxylation sites is 1. The van der Waals surface area contributed by atoms with Gasteiger partial charge in [0.1, 0.15) is 5.82 Å². The zero-order chi connectivity index (χ0) is 19.8. The molecule has 3 aromatic heterocycles. The van der Waals surface area contributed by atoms with Crippen LogP contribution in [-0.2, 0) is 6.54 Å². The van der Waals surface area contributed by atoms with Crippen molar-refractivity contribution in [2.45, 2.75) is 6.54 Å². The van der Waals surface area contributed by atoms with Gasteiger partial charge in [-0.2, -0.15) is 0 Å². The van der Waals surface area contributed by atoms with Crippen molar-refractivity contribution in [1.29, 1.82) is 0 Å². The molecular weight excluding hydrogens is 367 g/mol. The Balaban J connectivity index is 1.53. The van der Waals surface area contributed by atoms with Crippen molar-refractivity contribution >= 4 is 21.9 Å². The van der Waals surface area contributed by atoms with Gasteiger partial charge >= 0.3 is 0 Å². The Labute approximate surface area is 165 Å². The van der Waals surface area contributed by atoms with Crippen LogP contribution in [0, 0.1) is 5.82 Å². The van der Waals surface area contributed by atoms with E-state index in [2.05, 4.69) is 15.0 Å². The fourth-order valence-corrected chi connectivity index (χ4v) is 3.43. The van der Waals surface area contributed by atoms with E-state index in [0.29, 0.717) is 16.6 Å². The molecule has 0 bridgehead atoms. The van der Waals surface area contributed by atoms with Crippen LogP contribution in [0.15, 0.2) is 84.2 Å². The molecule has 5 rings (SSSR count). The zero-order valence-electron chi connectivity index (χ0n) is 15.3. The molecule has 29 heavy (non-hydrogen) atoms. The van der Waals surface area contributed by atoms with E-state index in [1.807, 2.05) is 36.4 Å². The van der Waals surface area contributed by atoms with Crippen molar-refractivity contribution in [2.75, 3.05) is 0 Å². The molecule has 140 valence electrons. The number of benzene rings is 2. The van der Waals surface area contributed by atoms with E-state index >= 15 is 0 Å². The Hall–Kier alpha value is -3.93. The largest absolute Gasteiger partial charge is 0.299 e. The molecule has 0 atom stereocenters. The Bertz CT molecular complexity index is 1430. The maximum atomic E-state index is 14.9. The van der Waals surface area contributed by atoms with Gasteiger partial charge in [0, 0.05) is 28.9 Å². The lowest BCUT2D eigenvalue weighted by atomic mass is 10.0. The first kappa shape index (κ1) is 17.2. The molecule has 0 amide bonds. The third-order valence-corrected chi connectivity index (χ3v) is 4.95. The van der Waals surface area contributed by atoms with E-state index in [1.54, 1.807) is 30.7 Å². The van der Waals surface area contributed by atoms with E-state index in [4.69, 9.17) is 0 Å². The van der Waals surface area contributed by atoms with Crippen LogP contribution in [-0.4, -0.2) is 19.5 Å². The number of aromatic nitrogens is 4. The van der Waals surface area contributed by atoms with Crippen LogP contribution in [0.3, 0.4) is 0 Å². The molecule has 0 aliphatic rings. The summed E-state index contributed by atoms with van der Waals surface area (Å²) < 4.78 is 16.4. The molecule has 0 saturated heterocycles. The topological polar surface area (TPSA) is 60.7 Å². The fourth-order valence-electron chi connectivity index (χ4n) is 3.43. The third kappa shape index (κ3) is 3.14. The number of pyridine rings is 2. The number of rotatable bonds is 3. The highest BCUT2D eigenvalue weighted by atomic mass is 19.1. The Morgan fingerprint density at radius 1 is 0.862 bits per heavy atom. The Morgan fingerprint density at radius 2 is 1.72 bits per heavy atom. The van der Waals surface area contributed by atoms with Crippen molar-refractivity contribution in [1.82, 2.24) is 19.5 Å². The highest BCUT2D eigenvalue weighted by Crippen LogP contribution is 2.25. The molecule has 0 unspecified atom stereocenters. The summed E-state index contributed by atoms with van der Waals surface area (Å²) in [6.07, 6.45) is 6.16. The number of fused-ring (bicyclic) bond motifs is 2. The standard InChI is InChI=1S/C23H15FN4O/c24-19-10-15(18-9-16-3-1-2-4-20(16)26-11-18)5-6-17(19)14-28-22-12-25-8-7-21(22)27-13-23(28)29/h1-13H,14H2. The first-order valence-corrected chi connectivity index (χ1v) is 9.12. The van der Waals surface area contributed by atoms with Gasteiger partial charge in [-0.05, 0) is 29.8 Å². The summed E-state index contributed by atoms with van der Waals surface area (Å²) in [6.45, 7) is 0.103. The van der Waals surface area contributed by atoms with Crippen LogP contribution in [0.4, 0.5) is 4.39 Å². The van der Waals surface area contributed by atoms with Gasteiger partial charge in [0.05, 0.1) is 35.5 Å². The Kier molecular flexibility index (Phi) is 4.09. The van der Waals surface area contributed by atoms with Crippen LogP contribution in [0.25, 0.3) is 33.1 Å². The van der Waals surface area contributed by atoms with Gasteiger partial charge in [-0.3, -0.25) is 19.3 Å². The summed E-state index contributed by atoms with van der Waals surface area (Å²) in [5, 5.41) is 0.997. The first-order valence-electron chi connectivity index (χ1n) is 9.12. The minimum absolute atomic E-state index is 0.103. The first-order chi connectivity index (χ1) is 14.2. The normalized spacial score (nSPS) is 11.2. The average molecular weight is 382 g/mol. The van der Waals surface area contributed by atoms with E-state index in [0.717, 1.165) is 22.0 Å². The Morgan fingerprint density at radius 3 is 2.62 bits per heavy atom. The molecule has 0 N–H and O–H groups in total. The van der Waals surface area contributed by atoms with Crippen LogP contribution < -0.4 is 5.56 Å². The van der Waals surface area contributed by atoms with Crippen molar-refractivity contribution in [2.24, 2.45) is 0 Å².